The fourth-order valence-corrected chi connectivity index (χ4v) is 2.25. The van der Waals surface area contributed by atoms with Crippen molar-refractivity contribution in [3.05, 3.63) is 30.2 Å². The Balaban J connectivity index is 2.07. The molecule has 1 aliphatic rings. The fourth-order valence-electron chi connectivity index (χ4n) is 2.25. The molecule has 6 nitrogen and oxygen atoms in total. The highest BCUT2D eigenvalue weighted by atomic mass is 16.3. The molecule has 3 rings (SSSR count). The minimum Gasteiger partial charge on any atom is -0.504 e. The SMILES string of the molecule is O=C1CCC(c2cnc3c(O)cccn23)C(=O)N1. The number of nitrogens with zero attached hydrogens (tertiary/aromatic N) is 2. The molecule has 18 heavy (non-hydrogen) atoms. The van der Waals surface area contributed by atoms with E-state index in [0.29, 0.717) is 24.2 Å². The molecule has 3 heterocycles. The number of pyridine rings is 1. The second-order valence-electron chi connectivity index (χ2n) is 4.27. The summed E-state index contributed by atoms with van der Waals surface area (Å²) in [6.45, 7) is 0. The van der Waals surface area contributed by atoms with Crippen LogP contribution in [0.25, 0.3) is 5.65 Å². The first-order valence-electron chi connectivity index (χ1n) is 5.65. The Bertz CT molecular complexity index is 647. The summed E-state index contributed by atoms with van der Waals surface area (Å²) >= 11 is 0. The maximum absolute atomic E-state index is 11.8. The van der Waals surface area contributed by atoms with E-state index >= 15 is 0 Å². The van der Waals surface area contributed by atoms with E-state index in [1.807, 2.05) is 0 Å². The van der Waals surface area contributed by atoms with Crippen LogP contribution in [-0.2, 0) is 9.59 Å². The lowest BCUT2D eigenvalue weighted by Gasteiger charge is -2.20. The highest BCUT2D eigenvalue weighted by molar-refractivity contribution is 6.00. The van der Waals surface area contributed by atoms with Gasteiger partial charge in [-0.05, 0) is 18.6 Å². The van der Waals surface area contributed by atoms with Gasteiger partial charge in [-0.1, -0.05) is 0 Å². The third-order valence-electron chi connectivity index (χ3n) is 3.14. The van der Waals surface area contributed by atoms with Crippen LogP contribution in [0.1, 0.15) is 24.5 Å². The molecule has 0 saturated carbocycles. The summed E-state index contributed by atoms with van der Waals surface area (Å²) in [5, 5.41) is 12.0. The van der Waals surface area contributed by atoms with Crippen molar-refractivity contribution in [2.75, 3.05) is 0 Å². The van der Waals surface area contributed by atoms with Gasteiger partial charge in [-0.15, -0.1) is 0 Å². The molecule has 2 amide bonds. The molecule has 0 aliphatic carbocycles. The van der Waals surface area contributed by atoms with E-state index in [4.69, 9.17) is 0 Å². The third-order valence-corrected chi connectivity index (χ3v) is 3.14. The number of carbonyl (C=O) groups is 2. The molecule has 1 aliphatic heterocycles. The van der Waals surface area contributed by atoms with E-state index < -0.39 is 5.92 Å². The number of hydrogen-bond acceptors (Lipinski definition) is 4. The topological polar surface area (TPSA) is 83.7 Å². The number of imide groups is 1. The van der Waals surface area contributed by atoms with Crippen molar-refractivity contribution in [3.8, 4) is 5.75 Å². The molecule has 0 radical (unpaired) electrons. The van der Waals surface area contributed by atoms with Gasteiger partial charge in [-0.2, -0.15) is 0 Å². The van der Waals surface area contributed by atoms with Crippen molar-refractivity contribution in [2.24, 2.45) is 0 Å². The highest BCUT2D eigenvalue weighted by Crippen LogP contribution is 2.27. The molecule has 0 bridgehead atoms. The van der Waals surface area contributed by atoms with Crippen molar-refractivity contribution < 1.29 is 14.7 Å². The number of rotatable bonds is 1. The number of imidazole rings is 1. The van der Waals surface area contributed by atoms with Gasteiger partial charge in [0.25, 0.3) is 0 Å². The molecule has 6 heteroatoms. The third kappa shape index (κ3) is 1.54. The molecule has 0 aromatic carbocycles. The van der Waals surface area contributed by atoms with Crippen LogP contribution in [0, 0.1) is 0 Å². The van der Waals surface area contributed by atoms with E-state index in [1.165, 1.54) is 6.07 Å². The lowest BCUT2D eigenvalue weighted by atomic mass is 9.95. The smallest absolute Gasteiger partial charge is 0.235 e. The lowest BCUT2D eigenvalue weighted by Crippen LogP contribution is -2.39. The quantitative estimate of drug-likeness (QED) is 0.719. The number of nitrogens with one attached hydrogen (secondary N) is 1. The zero-order valence-electron chi connectivity index (χ0n) is 9.46. The van der Waals surface area contributed by atoms with Gasteiger partial charge in [0.05, 0.1) is 17.8 Å². The molecular formula is C12H11N3O3. The largest absolute Gasteiger partial charge is 0.504 e. The van der Waals surface area contributed by atoms with Crippen LogP contribution >= 0.6 is 0 Å². The van der Waals surface area contributed by atoms with Gasteiger partial charge < -0.3 is 9.51 Å². The Kier molecular flexibility index (Phi) is 2.29. The average Bonchev–Trinajstić information content (AvgIpc) is 2.74. The zero-order valence-corrected chi connectivity index (χ0v) is 9.46. The second-order valence-corrected chi connectivity index (χ2v) is 4.27. The molecule has 0 spiro atoms. The molecule has 92 valence electrons. The molecular weight excluding hydrogens is 234 g/mol. The van der Waals surface area contributed by atoms with Gasteiger partial charge in [0.2, 0.25) is 11.8 Å². The van der Waals surface area contributed by atoms with Crippen LogP contribution in [0.3, 0.4) is 0 Å². The molecule has 1 atom stereocenters. The van der Waals surface area contributed by atoms with Gasteiger partial charge in [-0.3, -0.25) is 14.9 Å². The number of carbonyl (C=O) groups excluding carboxylic acids is 2. The summed E-state index contributed by atoms with van der Waals surface area (Å²) in [6, 6.07) is 3.22. The molecule has 1 saturated heterocycles. The van der Waals surface area contributed by atoms with Gasteiger partial charge in [0.1, 0.15) is 0 Å². The number of fused-ring (bicyclic) bond motifs is 1. The van der Waals surface area contributed by atoms with Crippen LogP contribution < -0.4 is 5.32 Å². The molecule has 2 aromatic rings. The Morgan fingerprint density at radius 3 is 3.06 bits per heavy atom. The minimum atomic E-state index is -0.403. The lowest BCUT2D eigenvalue weighted by molar-refractivity contribution is -0.134. The Labute approximate surface area is 102 Å². The maximum Gasteiger partial charge on any atom is 0.235 e. The van der Waals surface area contributed by atoms with Crippen LogP contribution in [0.4, 0.5) is 0 Å². The fraction of sp³-hybridized carbons (Fsp3) is 0.250. The number of aromatic nitrogens is 2. The first-order chi connectivity index (χ1) is 8.66. The number of aromatic hydroxyl groups is 1. The van der Waals surface area contributed by atoms with Gasteiger partial charge in [-0.25, -0.2) is 4.98 Å². The van der Waals surface area contributed by atoms with Crippen LogP contribution in [0.15, 0.2) is 24.5 Å². The Morgan fingerprint density at radius 2 is 2.28 bits per heavy atom. The van der Waals surface area contributed by atoms with E-state index in [1.54, 1.807) is 22.9 Å². The van der Waals surface area contributed by atoms with Crippen molar-refractivity contribution in [1.29, 1.82) is 0 Å². The van der Waals surface area contributed by atoms with E-state index in [2.05, 4.69) is 10.3 Å². The summed E-state index contributed by atoms with van der Waals surface area (Å²) in [4.78, 5) is 27.0. The number of hydrogen-bond donors (Lipinski definition) is 2. The van der Waals surface area contributed by atoms with Gasteiger partial charge >= 0.3 is 0 Å². The van der Waals surface area contributed by atoms with Crippen molar-refractivity contribution in [3.63, 3.8) is 0 Å². The highest BCUT2D eigenvalue weighted by Gasteiger charge is 2.30. The first-order valence-corrected chi connectivity index (χ1v) is 5.65. The predicted molar refractivity (Wildman–Crippen MR) is 62.0 cm³/mol. The molecule has 1 fully saturated rings. The Morgan fingerprint density at radius 1 is 1.44 bits per heavy atom. The summed E-state index contributed by atoms with van der Waals surface area (Å²) in [5.74, 6) is -0.889. The average molecular weight is 245 g/mol. The monoisotopic (exact) mass is 245 g/mol. The number of amides is 2. The normalized spacial score (nSPS) is 20.1. The minimum absolute atomic E-state index is 0.0658. The summed E-state index contributed by atoms with van der Waals surface area (Å²) in [7, 11) is 0. The van der Waals surface area contributed by atoms with Crippen LogP contribution in [-0.4, -0.2) is 26.3 Å². The van der Waals surface area contributed by atoms with E-state index in [9.17, 15) is 14.7 Å². The van der Waals surface area contributed by atoms with Gasteiger partial charge in [0.15, 0.2) is 11.4 Å². The predicted octanol–water partition coefficient (Wildman–Crippen LogP) is 0.560. The zero-order chi connectivity index (χ0) is 12.7. The standard InChI is InChI=1S/C12H11N3O3/c16-9-2-1-5-15-8(6-13-11(9)15)7-3-4-10(17)14-12(7)18/h1-2,5-7,16H,3-4H2,(H,14,17,18). The molecule has 2 N–H and O–H groups in total. The second kappa shape index (κ2) is 3.83. The van der Waals surface area contributed by atoms with Crippen molar-refractivity contribution in [2.45, 2.75) is 18.8 Å². The van der Waals surface area contributed by atoms with Crippen LogP contribution in [0.2, 0.25) is 0 Å². The van der Waals surface area contributed by atoms with E-state index in [0.717, 1.165) is 0 Å². The molecule has 1 unspecified atom stereocenters. The van der Waals surface area contributed by atoms with Crippen molar-refractivity contribution >= 4 is 17.5 Å². The molecule has 2 aromatic heterocycles. The van der Waals surface area contributed by atoms with E-state index in [-0.39, 0.29) is 17.6 Å². The summed E-state index contributed by atoms with van der Waals surface area (Å²) < 4.78 is 1.68. The first kappa shape index (κ1) is 10.8. The maximum atomic E-state index is 11.8. The Hall–Kier alpha value is -2.37. The summed E-state index contributed by atoms with van der Waals surface area (Å²) in [6.07, 6.45) is 4.09. The summed E-state index contributed by atoms with van der Waals surface area (Å²) in [5.41, 5.74) is 1.10. The van der Waals surface area contributed by atoms with Crippen LogP contribution in [0.5, 0.6) is 5.75 Å². The van der Waals surface area contributed by atoms with Crippen molar-refractivity contribution in [1.82, 2.24) is 14.7 Å². The van der Waals surface area contributed by atoms with Gasteiger partial charge in [0, 0.05) is 12.6 Å². The number of piperidine rings is 1.